The summed E-state index contributed by atoms with van der Waals surface area (Å²) in [6, 6.07) is 1.34. The van der Waals surface area contributed by atoms with Crippen molar-refractivity contribution in [2.45, 2.75) is 6.92 Å². The summed E-state index contributed by atoms with van der Waals surface area (Å²) in [5.41, 5.74) is 1.26. The van der Waals surface area contributed by atoms with Gasteiger partial charge in [-0.05, 0) is 6.92 Å². The van der Waals surface area contributed by atoms with E-state index in [2.05, 4.69) is 15.1 Å². The molecule has 0 aliphatic rings. The average molecular weight is 193 g/mol. The Morgan fingerprint density at radius 2 is 2.43 bits per heavy atom. The number of aromatic carboxylic acids is 1. The van der Waals surface area contributed by atoms with Crippen molar-refractivity contribution in [2.75, 3.05) is 0 Å². The first-order valence-electron chi connectivity index (χ1n) is 3.89. The number of rotatable bonds is 2. The number of carboxylic acids is 1. The van der Waals surface area contributed by atoms with Gasteiger partial charge in [0.2, 0.25) is 0 Å². The number of aromatic amines is 1. The molecule has 72 valence electrons. The predicted molar refractivity (Wildman–Crippen MR) is 45.8 cm³/mol. The highest BCUT2D eigenvalue weighted by Crippen LogP contribution is 2.20. The molecule has 0 bridgehead atoms. The molecule has 2 aromatic heterocycles. The third-order valence-corrected chi connectivity index (χ3v) is 1.79. The van der Waals surface area contributed by atoms with Crippen LogP contribution < -0.4 is 0 Å². The highest BCUT2D eigenvalue weighted by atomic mass is 16.5. The van der Waals surface area contributed by atoms with Crippen LogP contribution >= 0.6 is 0 Å². The molecule has 0 saturated carbocycles. The summed E-state index contributed by atoms with van der Waals surface area (Å²) >= 11 is 0. The lowest BCUT2D eigenvalue weighted by Crippen LogP contribution is -1.94. The predicted octanol–water partition coefficient (Wildman–Crippen LogP) is 1.07. The first kappa shape index (κ1) is 8.49. The Morgan fingerprint density at radius 3 is 2.93 bits per heavy atom. The number of carbonyl (C=O) groups is 1. The summed E-state index contributed by atoms with van der Waals surface area (Å²) in [6.07, 6.45) is 1.51. The first-order valence-corrected chi connectivity index (χ1v) is 3.89. The van der Waals surface area contributed by atoms with E-state index in [1.165, 1.54) is 12.4 Å². The Labute approximate surface area is 78.6 Å². The van der Waals surface area contributed by atoms with Crippen molar-refractivity contribution in [3.05, 3.63) is 23.8 Å². The van der Waals surface area contributed by atoms with E-state index in [0.717, 1.165) is 5.69 Å². The fraction of sp³-hybridized carbons (Fsp3) is 0.125. The molecule has 0 saturated heterocycles. The van der Waals surface area contributed by atoms with E-state index in [4.69, 9.17) is 9.63 Å². The number of carboxylic acid groups (broad SMARTS) is 1. The van der Waals surface area contributed by atoms with Gasteiger partial charge in [0.05, 0.1) is 6.33 Å². The van der Waals surface area contributed by atoms with E-state index >= 15 is 0 Å². The molecule has 0 aliphatic carbocycles. The van der Waals surface area contributed by atoms with Gasteiger partial charge >= 0.3 is 5.97 Å². The van der Waals surface area contributed by atoms with Gasteiger partial charge in [-0.3, -0.25) is 0 Å². The first-order chi connectivity index (χ1) is 6.68. The molecular weight excluding hydrogens is 186 g/mol. The van der Waals surface area contributed by atoms with Crippen LogP contribution in [0.25, 0.3) is 11.5 Å². The molecule has 14 heavy (non-hydrogen) atoms. The van der Waals surface area contributed by atoms with E-state index in [1.807, 2.05) is 6.92 Å². The van der Waals surface area contributed by atoms with Crippen molar-refractivity contribution in [1.29, 1.82) is 0 Å². The summed E-state index contributed by atoms with van der Waals surface area (Å²) in [4.78, 5) is 17.4. The lowest BCUT2D eigenvalue weighted by atomic mass is 10.2. The molecule has 6 nitrogen and oxygen atoms in total. The lowest BCUT2D eigenvalue weighted by molar-refractivity contribution is 0.0686. The Balaban J connectivity index is 2.43. The van der Waals surface area contributed by atoms with Gasteiger partial charge < -0.3 is 14.6 Å². The van der Waals surface area contributed by atoms with E-state index in [0.29, 0.717) is 11.5 Å². The van der Waals surface area contributed by atoms with E-state index in [9.17, 15) is 4.79 Å². The third-order valence-electron chi connectivity index (χ3n) is 1.79. The van der Waals surface area contributed by atoms with Crippen molar-refractivity contribution < 1.29 is 14.4 Å². The van der Waals surface area contributed by atoms with Gasteiger partial charge in [-0.2, -0.15) is 0 Å². The maximum atomic E-state index is 10.5. The van der Waals surface area contributed by atoms with Crippen molar-refractivity contribution in [3.8, 4) is 11.5 Å². The summed E-state index contributed by atoms with van der Waals surface area (Å²) in [6.45, 7) is 1.81. The number of hydrogen-bond acceptors (Lipinski definition) is 4. The maximum Gasteiger partial charge on any atom is 0.358 e. The Hall–Kier alpha value is -2.11. The third kappa shape index (κ3) is 1.26. The van der Waals surface area contributed by atoms with Crippen LogP contribution in [0.4, 0.5) is 0 Å². The van der Waals surface area contributed by atoms with E-state index < -0.39 is 5.97 Å². The van der Waals surface area contributed by atoms with Crippen LogP contribution in [0.2, 0.25) is 0 Å². The van der Waals surface area contributed by atoms with Gasteiger partial charge in [0.15, 0.2) is 11.5 Å². The zero-order chi connectivity index (χ0) is 10.1. The molecule has 0 atom stereocenters. The monoisotopic (exact) mass is 193 g/mol. The lowest BCUT2D eigenvalue weighted by Gasteiger charge is -1.88. The Kier molecular flexibility index (Phi) is 1.81. The topological polar surface area (TPSA) is 92.0 Å². The van der Waals surface area contributed by atoms with Gasteiger partial charge in [-0.25, -0.2) is 9.78 Å². The summed E-state index contributed by atoms with van der Waals surface area (Å²) in [7, 11) is 0. The molecule has 6 heteroatoms. The Bertz CT molecular complexity index is 472. The maximum absolute atomic E-state index is 10.5. The minimum absolute atomic E-state index is 0.123. The number of aryl methyl sites for hydroxylation is 1. The van der Waals surface area contributed by atoms with Crippen LogP contribution in [0.5, 0.6) is 0 Å². The number of H-pyrrole nitrogens is 1. The van der Waals surface area contributed by atoms with Gasteiger partial charge in [-0.15, -0.1) is 0 Å². The van der Waals surface area contributed by atoms with Crippen LogP contribution in [0, 0.1) is 6.92 Å². The van der Waals surface area contributed by atoms with E-state index in [-0.39, 0.29) is 5.69 Å². The van der Waals surface area contributed by atoms with Gasteiger partial charge in [0.25, 0.3) is 0 Å². The molecule has 2 heterocycles. The molecule has 2 rings (SSSR count). The number of hydrogen-bond donors (Lipinski definition) is 2. The molecule has 0 radical (unpaired) electrons. The van der Waals surface area contributed by atoms with Gasteiger partial charge in [0, 0.05) is 11.8 Å². The quantitative estimate of drug-likeness (QED) is 0.744. The highest BCUT2D eigenvalue weighted by Gasteiger charge is 2.14. The SMILES string of the molecule is Cc1[nH]cnc1-c1cc(C(=O)O)no1. The molecule has 2 N–H and O–H groups in total. The number of nitrogens with one attached hydrogen (secondary N) is 1. The minimum Gasteiger partial charge on any atom is -0.476 e. The minimum atomic E-state index is -1.12. The fourth-order valence-corrected chi connectivity index (χ4v) is 1.09. The number of imidazole rings is 1. The van der Waals surface area contributed by atoms with Crippen molar-refractivity contribution >= 4 is 5.97 Å². The molecule has 0 aliphatic heterocycles. The zero-order valence-electron chi connectivity index (χ0n) is 7.31. The summed E-state index contributed by atoms with van der Waals surface area (Å²) in [5, 5.41) is 12.0. The molecule has 0 amide bonds. The smallest absolute Gasteiger partial charge is 0.358 e. The molecular formula is C8H7N3O3. The van der Waals surface area contributed by atoms with Crippen LogP contribution in [0.15, 0.2) is 16.9 Å². The van der Waals surface area contributed by atoms with Crippen LogP contribution in [-0.4, -0.2) is 26.2 Å². The second kappa shape index (κ2) is 2.99. The number of aromatic nitrogens is 3. The largest absolute Gasteiger partial charge is 0.476 e. The van der Waals surface area contributed by atoms with Crippen molar-refractivity contribution in [3.63, 3.8) is 0 Å². The molecule has 0 aromatic carbocycles. The van der Waals surface area contributed by atoms with Gasteiger partial charge in [-0.1, -0.05) is 5.16 Å². The molecule has 0 fully saturated rings. The van der Waals surface area contributed by atoms with Crippen LogP contribution in [-0.2, 0) is 0 Å². The molecule has 0 unspecified atom stereocenters. The second-order valence-electron chi connectivity index (χ2n) is 2.76. The summed E-state index contributed by atoms with van der Waals surface area (Å²) < 4.78 is 4.84. The van der Waals surface area contributed by atoms with E-state index in [1.54, 1.807) is 0 Å². The molecule has 0 spiro atoms. The summed E-state index contributed by atoms with van der Waals surface area (Å²) in [5.74, 6) is -0.769. The molecule has 2 aromatic rings. The fourth-order valence-electron chi connectivity index (χ4n) is 1.09. The second-order valence-corrected chi connectivity index (χ2v) is 2.76. The van der Waals surface area contributed by atoms with Crippen molar-refractivity contribution in [1.82, 2.24) is 15.1 Å². The average Bonchev–Trinajstić information content (AvgIpc) is 2.71. The highest BCUT2D eigenvalue weighted by molar-refractivity contribution is 5.86. The Morgan fingerprint density at radius 1 is 1.64 bits per heavy atom. The standard InChI is InChI=1S/C8H7N3O3/c1-4-7(10-3-9-4)6-2-5(8(12)13)11-14-6/h2-3H,1H3,(H,9,10)(H,12,13). The van der Waals surface area contributed by atoms with Gasteiger partial charge in [0.1, 0.15) is 5.69 Å². The number of nitrogens with zero attached hydrogens (tertiary/aromatic N) is 2. The normalized spacial score (nSPS) is 10.4. The van der Waals surface area contributed by atoms with Crippen molar-refractivity contribution in [2.24, 2.45) is 0 Å². The van der Waals surface area contributed by atoms with Crippen LogP contribution in [0.3, 0.4) is 0 Å². The van der Waals surface area contributed by atoms with Crippen LogP contribution in [0.1, 0.15) is 16.2 Å². The zero-order valence-corrected chi connectivity index (χ0v) is 7.31.